The summed E-state index contributed by atoms with van der Waals surface area (Å²) in [6, 6.07) is 14.6. The van der Waals surface area contributed by atoms with E-state index in [0.717, 1.165) is 40.2 Å². The van der Waals surface area contributed by atoms with E-state index in [4.69, 9.17) is 0 Å². The summed E-state index contributed by atoms with van der Waals surface area (Å²) < 4.78 is 27.0. The van der Waals surface area contributed by atoms with Gasteiger partial charge in [-0.3, -0.25) is 10.2 Å². The first-order chi connectivity index (χ1) is 19.3. The van der Waals surface area contributed by atoms with Crippen molar-refractivity contribution >= 4 is 17.5 Å². The number of carbonyl (C=O) groups excluding carboxylic acids is 1. The maximum Gasteiger partial charge on any atom is 0.274 e. The zero-order valence-corrected chi connectivity index (χ0v) is 21.7. The number of anilines is 2. The first-order valence-electron chi connectivity index (χ1n) is 12.4. The molecular weight excluding hydrogens is 516 g/mol. The predicted octanol–water partition coefficient (Wildman–Crippen LogP) is 4.07. The average Bonchev–Trinajstić information content (AvgIpc) is 3.40. The molecule has 2 aromatic heterocycles. The van der Waals surface area contributed by atoms with E-state index in [-0.39, 0.29) is 17.2 Å². The number of nitriles is 1. The van der Waals surface area contributed by atoms with Crippen LogP contribution in [0.3, 0.4) is 0 Å². The molecule has 1 aliphatic rings. The summed E-state index contributed by atoms with van der Waals surface area (Å²) in [5.74, 6) is -1.60. The zero-order chi connectivity index (χ0) is 28.2. The molecule has 0 saturated heterocycles. The summed E-state index contributed by atoms with van der Waals surface area (Å²) in [6.45, 7) is 2.66. The molecular formula is C28H25F2N9O. The van der Waals surface area contributed by atoms with E-state index in [1.54, 1.807) is 6.92 Å². The van der Waals surface area contributed by atoms with Gasteiger partial charge in [0.2, 0.25) is 0 Å². The first-order valence-corrected chi connectivity index (χ1v) is 12.4. The van der Waals surface area contributed by atoms with Gasteiger partial charge in [-0.2, -0.15) is 10.4 Å². The maximum atomic E-state index is 13.7. The molecule has 1 amide bonds. The van der Waals surface area contributed by atoms with E-state index in [0.29, 0.717) is 18.7 Å². The highest BCUT2D eigenvalue weighted by Gasteiger charge is 2.20. The van der Waals surface area contributed by atoms with Crippen LogP contribution in [0.25, 0.3) is 11.1 Å². The van der Waals surface area contributed by atoms with Gasteiger partial charge in [-0.1, -0.05) is 30.3 Å². The number of amides is 1. The third kappa shape index (κ3) is 5.70. The van der Waals surface area contributed by atoms with Gasteiger partial charge in [-0.05, 0) is 41.8 Å². The first kappa shape index (κ1) is 26.6. The van der Waals surface area contributed by atoms with Crippen LogP contribution in [0, 0.1) is 23.0 Å². The number of fused-ring (bicyclic) bond motifs is 1. The Morgan fingerprint density at radius 3 is 2.62 bits per heavy atom. The average molecular weight is 542 g/mol. The summed E-state index contributed by atoms with van der Waals surface area (Å²) in [7, 11) is 1.84. The van der Waals surface area contributed by atoms with E-state index in [9.17, 15) is 18.8 Å². The molecule has 40 heavy (non-hydrogen) atoms. The van der Waals surface area contributed by atoms with Gasteiger partial charge in [0, 0.05) is 30.9 Å². The maximum absolute atomic E-state index is 13.7. The fourth-order valence-electron chi connectivity index (χ4n) is 4.22. The monoisotopic (exact) mass is 541 g/mol. The second-order valence-electron chi connectivity index (χ2n) is 9.14. The Labute approximate surface area is 229 Å². The molecule has 202 valence electrons. The van der Waals surface area contributed by atoms with Gasteiger partial charge < -0.3 is 10.6 Å². The van der Waals surface area contributed by atoms with E-state index in [2.05, 4.69) is 42.5 Å². The third-order valence-corrected chi connectivity index (χ3v) is 6.45. The van der Waals surface area contributed by atoms with Crippen molar-refractivity contribution in [3.05, 3.63) is 101 Å². The zero-order valence-electron chi connectivity index (χ0n) is 21.7. The van der Waals surface area contributed by atoms with E-state index < -0.39 is 23.6 Å². The normalized spacial score (nSPS) is 13.2. The lowest BCUT2D eigenvalue weighted by Gasteiger charge is -2.16. The van der Waals surface area contributed by atoms with Crippen LogP contribution >= 0.6 is 0 Å². The molecule has 0 saturated carbocycles. The highest BCUT2D eigenvalue weighted by molar-refractivity contribution is 5.97. The number of nitrogens with one attached hydrogen (secondary N) is 4. The van der Waals surface area contributed by atoms with Crippen LogP contribution in [0.1, 0.15) is 45.8 Å². The highest BCUT2D eigenvalue weighted by Crippen LogP contribution is 2.28. The smallest absolute Gasteiger partial charge is 0.274 e. The third-order valence-electron chi connectivity index (χ3n) is 6.45. The van der Waals surface area contributed by atoms with Crippen LogP contribution in [0.5, 0.6) is 0 Å². The van der Waals surface area contributed by atoms with Gasteiger partial charge in [0.15, 0.2) is 28.8 Å². The Balaban J connectivity index is 1.28. The van der Waals surface area contributed by atoms with Crippen LogP contribution in [-0.4, -0.2) is 33.0 Å². The van der Waals surface area contributed by atoms with Crippen LogP contribution in [-0.2, 0) is 13.1 Å². The van der Waals surface area contributed by atoms with Gasteiger partial charge in [0.1, 0.15) is 11.9 Å². The van der Waals surface area contributed by atoms with E-state index >= 15 is 0 Å². The van der Waals surface area contributed by atoms with E-state index in [1.165, 1.54) is 12.3 Å². The molecule has 12 heteroatoms. The molecule has 0 spiro atoms. The van der Waals surface area contributed by atoms with Gasteiger partial charge in [0.05, 0.1) is 18.8 Å². The molecule has 0 radical (unpaired) electrons. The van der Waals surface area contributed by atoms with Crippen molar-refractivity contribution in [3.8, 4) is 17.2 Å². The number of carbonyl (C=O) groups is 1. The van der Waals surface area contributed by atoms with Crippen LogP contribution in [0.2, 0.25) is 0 Å². The molecule has 10 nitrogen and oxygen atoms in total. The molecule has 0 fully saturated rings. The fourth-order valence-corrected chi connectivity index (χ4v) is 4.22. The Hall–Kier alpha value is -4.99. The fraction of sp³-hybridized carbons (Fsp3) is 0.179. The Bertz CT molecular complexity index is 1600. The van der Waals surface area contributed by atoms with Gasteiger partial charge in [-0.15, -0.1) is 0 Å². The lowest BCUT2D eigenvalue weighted by molar-refractivity contribution is 0.0935. The number of halogens is 2. The molecule has 0 bridgehead atoms. The quantitative estimate of drug-likeness (QED) is 0.261. The van der Waals surface area contributed by atoms with Crippen molar-refractivity contribution in [2.45, 2.75) is 26.1 Å². The summed E-state index contributed by atoms with van der Waals surface area (Å²) in [5.41, 5.74) is 10.5. The number of aromatic nitrogens is 3. The summed E-state index contributed by atoms with van der Waals surface area (Å²) in [5, 5.41) is 16.9. The Morgan fingerprint density at radius 2 is 1.90 bits per heavy atom. The number of nitrogens with zero attached hydrogens (tertiary/aromatic N) is 5. The predicted molar refractivity (Wildman–Crippen MR) is 144 cm³/mol. The molecule has 1 atom stereocenters. The number of pyridine rings is 1. The minimum atomic E-state index is -1.01. The van der Waals surface area contributed by atoms with Crippen molar-refractivity contribution in [2.75, 3.05) is 17.8 Å². The molecule has 4 N–H and O–H groups in total. The largest absolute Gasteiger partial charge is 0.364 e. The molecule has 2 aromatic carbocycles. The number of hydrazine groups is 2. The van der Waals surface area contributed by atoms with Gasteiger partial charge >= 0.3 is 0 Å². The van der Waals surface area contributed by atoms with Crippen molar-refractivity contribution < 1.29 is 13.6 Å². The second-order valence-corrected chi connectivity index (χ2v) is 9.14. The van der Waals surface area contributed by atoms with Crippen LogP contribution in [0.4, 0.5) is 20.4 Å². The Kier molecular flexibility index (Phi) is 7.59. The molecule has 5 rings (SSSR count). The van der Waals surface area contributed by atoms with Gasteiger partial charge in [-0.25, -0.2) is 29.2 Å². The van der Waals surface area contributed by atoms with Crippen molar-refractivity contribution in [1.82, 2.24) is 30.8 Å². The van der Waals surface area contributed by atoms with Crippen molar-refractivity contribution in [1.29, 1.82) is 5.26 Å². The van der Waals surface area contributed by atoms with Crippen LogP contribution in [0.15, 0.2) is 60.9 Å². The summed E-state index contributed by atoms with van der Waals surface area (Å²) >= 11 is 0. The minimum Gasteiger partial charge on any atom is -0.364 e. The molecule has 1 aliphatic heterocycles. The number of hydrogen-bond donors (Lipinski definition) is 4. The summed E-state index contributed by atoms with van der Waals surface area (Å²) in [6.07, 6.45) is 3.09. The number of hydrogen-bond acceptors (Lipinski definition) is 9. The molecule has 4 aromatic rings. The topological polar surface area (TPSA) is 131 Å². The molecule has 3 heterocycles. The van der Waals surface area contributed by atoms with Gasteiger partial charge in [0.25, 0.3) is 5.91 Å². The van der Waals surface area contributed by atoms with Crippen molar-refractivity contribution in [3.63, 3.8) is 0 Å². The second kappa shape index (κ2) is 11.4. The lowest BCUT2D eigenvalue weighted by atomic mass is 10.0. The molecule has 1 unspecified atom stereocenters. The van der Waals surface area contributed by atoms with Crippen LogP contribution < -0.4 is 21.5 Å². The lowest BCUT2D eigenvalue weighted by Crippen LogP contribution is -2.34. The van der Waals surface area contributed by atoms with E-state index in [1.807, 2.05) is 48.7 Å². The summed E-state index contributed by atoms with van der Waals surface area (Å²) in [4.78, 5) is 25.9. The number of rotatable bonds is 8. The van der Waals surface area contributed by atoms with Crippen molar-refractivity contribution in [2.24, 2.45) is 0 Å². The standard InChI is InChI=1S/C28H25F2N9O/c1-16(19-7-8-23(29)24(30)10-19)36-28(40)25-27(35-14-22(11-31)37-25)33-12-17-3-5-18(6-4-17)20-9-21-15-39(32-2)38-26(21)34-13-20/h3-10,13-14,16,32H,12,15H2,1-2H3,(H,33,35)(H,34,38)(H,36,40). The minimum absolute atomic E-state index is 0.0310. The highest BCUT2D eigenvalue weighted by atomic mass is 19.2. The Morgan fingerprint density at radius 1 is 1.10 bits per heavy atom. The number of benzene rings is 2. The molecule has 0 aliphatic carbocycles. The SMILES string of the molecule is CNN1Cc2cc(-c3ccc(CNc4ncc(C#N)nc4C(=O)NC(C)c4ccc(F)c(F)c4)cc3)cnc2N1.